The molecule has 0 amide bonds. The molecular formula is C14H15BrN2S. The summed E-state index contributed by atoms with van der Waals surface area (Å²) in [4.78, 5) is 1.37. The Kier molecular flexibility index (Phi) is 3.80. The molecule has 2 N–H and O–H groups in total. The maximum Gasteiger partial charge on any atom is 0.0303 e. The molecular weight excluding hydrogens is 308 g/mol. The maximum atomic E-state index is 3.49. The van der Waals surface area contributed by atoms with Gasteiger partial charge in [-0.15, -0.1) is 11.3 Å². The van der Waals surface area contributed by atoms with Crippen molar-refractivity contribution in [1.29, 1.82) is 0 Å². The molecule has 2 heterocycles. The van der Waals surface area contributed by atoms with Crippen LogP contribution in [-0.2, 0) is 26.2 Å². The van der Waals surface area contributed by atoms with E-state index in [0.29, 0.717) is 0 Å². The highest BCUT2D eigenvalue weighted by Crippen LogP contribution is 2.20. The zero-order valence-corrected chi connectivity index (χ0v) is 12.4. The number of hydrogen-bond acceptors (Lipinski definition) is 3. The van der Waals surface area contributed by atoms with E-state index in [1.165, 1.54) is 26.0 Å². The van der Waals surface area contributed by atoms with E-state index in [0.717, 1.165) is 26.2 Å². The molecule has 2 nitrogen and oxygen atoms in total. The molecule has 0 aliphatic carbocycles. The number of rotatable bonds is 4. The fourth-order valence-corrected chi connectivity index (χ4v) is 3.66. The molecule has 0 atom stereocenters. The van der Waals surface area contributed by atoms with Crippen molar-refractivity contribution in [3.63, 3.8) is 0 Å². The van der Waals surface area contributed by atoms with Crippen LogP contribution in [0.5, 0.6) is 0 Å². The van der Waals surface area contributed by atoms with E-state index >= 15 is 0 Å². The second kappa shape index (κ2) is 5.53. The van der Waals surface area contributed by atoms with Gasteiger partial charge in [-0.1, -0.05) is 18.2 Å². The average Bonchev–Trinajstić information content (AvgIpc) is 2.97. The molecule has 4 heteroatoms. The third-order valence-electron chi connectivity index (χ3n) is 3.15. The first-order valence-corrected chi connectivity index (χ1v) is 7.73. The van der Waals surface area contributed by atoms with Crippen molar-refractivity contribution in [2.24, 2.45) is 0 Å². The van der Waals surface area contributed by atoms with Crippen LogP contribution in [0.25, 0.3) is 0 Å². The number of halogens is 1. The van der Waals surface area contributed by atoms with Gasteiger partial charge in [-0.25, -0.2) is 0 Å². The summed E-state index contributed by atoms with van der Waals surface area (Å²) in [6, 6.07) is 8.95. The molecule has 0 spiro atoms. The molecule has 1 aromatic heterocycles. The maximum absolute atomic E-state index is 3.49. The molecule has 94 valence electrons. The summed E-state index contributed by atoms with van der Waals surface area (Å²) in [6.45, 7) is 3.90. The monoisotopic (exact) mass is 322 g/mol. The van der Waals surface area contributed by atoms with Gasteiger partial charge in [0.25, 0.3) is 0 Å². The van der Waals surface area contributed by atoms with E-state index in [1.54, 1.807) is 11.3 Å². The smallest absolute Gasteiger partial charge is 0.0303 e. The van der Waals surface area contributed by atoms with Crippen molar-refractivity contribution in [2.45, 2.75) is 26.2 Å². The number of benzene rings is 1. The first-order valence-electron chi connectivity index (χ1n) is 6.06. The van der Waals surface area contributed by atoms with Crippen LogP contribution >= 0.6 is 27.3 Å². The summed E-state index contributed by atoms with van der Waals surface area (Å²) in [5, 5.41) is 8.99. The highest BCUT2D eigenvalue weighted by molar-refractivity contribution is 9.10. The number of thiophene rings is 1. The number of hydrogen-bond donors (Lipinski definition) is 2. The molecule has 0 saturated heterocycles. The van der Waals surface area contributed by atoms with Gasteiger partial charge in [0.15, 0.2) is 0 Å². The van der Waals surface area contributed by atoms with Crippen LogP contribution in [0.2, 0.25) is 0 Å². The molecule has 1 aliphatic heterocycles. The summed E-state index contributed by atoms with van der Waals surface area (Å²) in [7, 11) is 0. The molecule has 3 rings (SSSR count). The first kappa shape index (κ1) is 12.4. The number of nitrogens with one attached hydrogen (secondary N) is 2. The van der Waals surface area contributed by atoms with E-state index < -0.39 is 0 Å². The normalized spacial score (nSPS) is 13.8. The van der Waals surface area contributed by atoms with Crippen molar-refractivity contribution in [1.82, 2.24) is 10.6 Å². The lowest BCUT2D eigenvalue weighted by molar-refractivity contribution is 0.700. The molecule has 0 fully saturated rings. The Morgan fingerprint density at radius 1 is 1.17 bits per heavy atom. The minimum absolute atomic E-state index is 0.933. The van der Waals surface area contributed by atoms with E-state index in [9.17, 15) is 0 Å². The van der Waals surface area contributed by atoms with Crippen molar-refractivity contribution in [2.75, 3.05) is 0 Å². The SMILES string of the molecule is Brc1csc(CNCc2ccc3c(c2)CNC3)c1. The van der Waals surface area contributed by atoms with Crippen LogP contribution in [0.4, 0.5) is 0 Å². The summed E-state index contributed by atoms with van der Waals surface area (Å²) in [6.07, 6.45) is 0. The average molecular weight is 323 g/mol. The Hall–Kier alpha value is -0.680. The van der Waals surface area contributed by atoms with Gasteiger partial charge in [0, 0.05) is 40.9 Å². The van der Waals surface area contributed by atoms with Crippen molar-refractivity contribution in [3.05, 3.63) is 55.7 Å². The largest absolute Gasteiger partial charge is 0.309 e. The van der Waals surface area contributed by atoms with Crippen LogP contribution in [0.1, 0.15) is 21.6 Å². The Bertz CT molecular complexity index is 550. The summed E-state index contributed by atoms with van der Waals surface area (Å²) in [5.41, 5.74) is 4.27. The van der Waals surface area contributed by atoms with Crippen LogP contribution < -0.4 is 10.6 Å². The van der Waals surface area contributed by atoms with Gasteiger partial charge in [0.1, 0.15) is 0 Å². The fraction of sp³-hybridized carbons (Fsp3) is 0.286. The van der Waals surface area contributed by atoms with Crippen molar-refractivity contribution in [3.8, 4) is 0 Å². The van der Waals surface area contributed by atoms with Gasteiger partial charge in [0.2, 0.25) is 0 Å². The standard InChI is InChI=1S/C14H15BrN2S/c15-13-4-14(18-9-13)8-16-5-10-1-2-11-6-17-7-12(11)3-10/h1-4,9,16-17H,5-8H2. The third kappa shape index (κ3) is 2.83. The lowest BCUT2D eigenvalue weighted by Gasteiger charge is -2.05. The second-order valence-electron chi connectivity index (χ2n) is 4.54. The molecule has 18 heavy (non-hydrogen) atoms. The van der Waals surface area contributed by atoms with Gasteiger partial charge >= 0.3 is 0 Å². The Balaban J connectivity index is 1.57. The van der Waals surface area contributed by atoms with E-state index in [1.807, 2.05) is 0 Å². The molecule has 0 saturated carbocycles. The van der Waals surface area contributed by atoms with Crippen molar-refractivity contribution >= 4 is 27.3 Å². The van der Waals surface area contributed by atoms with E-state index in [-0.39, 0.29) is 0 Å². The van der Waals surface area contributed by atoms with Crippen LogP contribution in [0.3, 0.4) is 0 Å². The molecule has 1 aliphatic rings. The zero-order chi connectivity index (χ0) is 12.4. The number of fused-ring (bicyclic) bond motifs is 1. The minimum atomic E-state index is 0.933. The Labute approximate surface area is 120 Å². The highest BCUT2D eigenvalue weighted by atomic mass is 79.9. The van der Waals surface area contributed by atoms with Gasteiger partial charge < -0.3 is 10.6 Å². The predicted octanol–water partition coefficient (Wildman–Crippen LogP) is 3.40. The quantitative estimate of drug-likeness (QED) is 0.901. The fourth-order valence-electron chi connectivity index (χ4n) is 2.23. The van der Waals surface area contributed by atoms with Gasteiger partial charge in [0.05, 0.1) is 0 Å². The van der Waals surface area contributed by atoms with Gasteiger partial charge in [-0.2, -0.15) is 0 Å². The lowest BCUT2D eigenvalue weighted by Crippen LogP contribution is -2.11. The highest BCUT2D eigenvalue weighted by Gasteiger charge is 2.09. The zero-order valence-electron chi connectivity index (χ0n) is 10.0. The molecule has 0 bridgehead atoms. The third-order valence-corrected chi connectivity index (χ3v) is 4.85. The van der Waals surface area contributed by atoms with Gasteiger partial charge in [-0.05, 0) is 38.7 Å². The predicted molar refractivity (Wildman–Crippen MR) is 79.5 cm³/mol. The molecule has 2 aromatic rings. The van der Waals surface area contributed by atoms with Crippen molar-refractivity contribution < 1.29 is 0 Å². The second-order valence-corrected chi connectivity index (χ2v) is 6.45. The van der Waals surface area contributed by atoms with Crippen LogP contribution in [0, 0.1) is 0 Å². The van der Waals surface area contributed by atoms with E-state index in [4.69, 9.17) is 0 Å². The molecule has 1 aromatic carbocycles. The Morgan fingerprint density at radius 3 is 2.89 bits per heavy atom. The molecule has 0 unspecified atom stereocenters. The van der Waals surface area contributed by atoms with Crippen LogP contribution in [-0.4, -0.2) is 0 Å². The van der Waals surface area contributed by atoms with Crippen LogP contribution in [0.15, 0.2) is 34.1 Å². The summed E-state index contributed by atoms with van der Waals surface area (Å²) < 4.78 is 1.17. The Morgan fingerprint density at radius 2 is 2.06 bits per heavy atom. The topological polar surface area (TPSA) is 24.1 Å². The van der Waals surface area contributed by atoms with E-state index in [2.05, 4.69) is 56.2 Å². The first-order chi connectivity index (χ1) is 8.81. The van der Waals surface area contributed by atoms with Gasteiger partial charge in [-0.3, -0.25) is 0 Å². The minimum Gasteiger partial charge on any atom is -0.309 e. The lowest BCUT2D eigenvalue weighted by atomic mass is 10.1. The summed E-state index contributed by atoms with van der Waals surface area (Å²) in [5.74, 6) is 0. The molecule has 0 radical (unpaired) electrons. The summed E-state index contributed by atoms with van der Waals surface area (Å²) >= 11 is 5.26.